The molecular weight excluding hydrogens is 805 g/mol. The molecule has 1 aliphatic carbocycles. The maximum absolute atomic E-state index is 14.5. The van der Waals surface area contributed by atoms with E-state index in [1.807, 2.05) is 32.8 Å². The van der Waals surface area contributed by atoms with Gasteiger partial charge in [0.25, 0.3) is 0 Å². The van der Waals surface area contributed by atoms with E-state index in [1.54, 1.807) is 48.5 Å². The summed E-state index contributed by atoms with van der Waals surface area (Å²) in [4.78, 5) is 35.1. The Hall–Kier alpha value is -1.99. The molecule has 0 bridgehead atoms. The second-order valence-electron chi connectivity index (χ2n) is 20.0. The van der Waals surface area contributed by atoms with E-state index in [0.717, 1.165) is 25.7 Å². The molecule has 0 aromatic carbocycles. The summed E-state index contributed by atoms with van der Waals surface area (Å²) >= 11 is 0. The van der Waals surface area contributed by atoms with E-state index < -0.39 is 108 Å². The number of likely N-dealkylation sites (N-methyl/N-ethyl adjacent to an activating group) is 1. The number of aliphatic hydroxyl groups is 4. The van der Waals surface area contributed by atoms with Crippen LogP contribution in [-0.4, -0.2) is 155 Å². The summed E-state index contributed by atoms with van der Waals surface area (Å²) in [5.41, 5.74) is -4.34. The minimum Gasteiger partial charge on any atom is -0.459 e. The zero-order valence-corrected chi connectivity index (χ0v) is 40.1. The molecule has 3 heterocycles. The van der Waals surface area contributed by atoms with Gasteiger partial charge in [0.2, 0.25) is 0 Å². The van der Waals surface area contributed by atoms with Gasteiger partial charge in [-0.25, -0.2) is 0 Å². The molecule has 1 saturated carbocycles. The van der Waals surface area contributed by atoms with Crippen LogP contribution in [0.25, 0.3) is 0 Å². The van der Waals surface area contributed by atoms with Crippen LogP contribution in [0.1, 0.15) is 134 Å². The highest BCUT2D eigenvalue weighted by Gasteiger charge is 2.54. The van der Waals surface area contributed by atoms with Crippen molar-refractivity contribution in [1.82, 2.24) is 4.90 Å². The molecule has 0 radical (unpaired) electrons. The number of hydrogen-bond donors (Lipinski definition) is 4. The first-order valence-electron chi connectivity index (χ1n) is 23.1. The fraction of sp³-hybridized carbons (Fsp3) is 0.935. The van der Waals surface area contributed by atoms with Crippen molar-refractivity contribution in [3.05, 3.63) is 0 Å². The van der Waals surface area contributed by atoms with Crippen molar-refractivity contribution < 1.29 is 68.0 Å². The molecule has 4 fully saturated rings. The van der Waals surface area contributed by atoms with Crippen LogP contribution in [0.2, 0.25) is 0 Å². The molecule has 16 heteroatoms. The number of esters is 2. The topological polar surface area (TPSA) is 204 Å². The number of oxime groups is 1. The first kappa shape index (κ1) is 52.6. The van der Waals surface area contributed by atoms with E-state index in [0.29, 0.717) is 24.7 Å². The summed E-state index contributed by atoms with van der Waals surface area (Å²) in [6, 6.07) is -0.303. The summed E-state index contributed by atoms with van der Waals surface area (Å²) in [6.07, 6.45) is -3.63. The average molecular weight is 887 g/mol. The molecule has 0 unspecified atom stereocenters. The normalized spacial score (nSPS) is 45.3. The lowest BCUT2D eigenvalue weighted by Crippen LogP contribution is -2.61. The molecule has 0 aromatic heterocycles. The van der Waals surface area contributed by atoms with E-state index in [2.05, 4.69) is 5.16 Å². The molecule has 4 N–H and O–H groups in total. The third-order valence-electron chi connectivity index (χ3n) is 14.3. The SMILES string of the molecule is CC[C@H]1OC(=O)[C@H](C)[C@@H](O[C@H]2C[C@@](C)(OC)[C@@H](O)[C@H](C)O2)[C@H](C)[C@@H](O[C@@H]2O[C@H](C)C[C@H](N(C)C)[C@H]2OC(C)=O)[C@@](C)(O)C[C@@H](C)/C(=N/OCC2CCCCC2)[C@H](C)[C@@H](O)[C@]1(C)O. The summed E-state index contributed by atoms with van der Waals surface area (Å²) in [7, 11) is 5.28. The minimum absolute atomic E-state index is 0.0120. The van der Waals surface area contributed by atoms with E-state index in [4.69, 9.17) is 38.0 Å². The highest BCUT2D eigenvalue weighted by molar-refractivity contribution is 5.88. The Labute approximate surface area is 370 Å². The molecule has 4 aliphatic rings. The van der Waals surface area contributed by atoms with Crippen LogP contribution in [0.5, 0.6) is 0 Å². The van der Waals surface area contributed by atoms with E-state index in [9.17, 15) is 30.0 Å². The van der Waals surface area contributed by atoms with Gasteiger partial charge in [-0.15, -0.1) is 0 Å². The number of ether oxygens (including phenoxy) is 7. The number of rotatable bonds is 11. The second kappa shape index (κ2) is 22.0. The number of methoxy groups -OCH3 is 1. The summed E-state index contributed by atoms with van der Waals surface area (Å²) in [5.74, 6) is -4.20. The highest BCUT2D eigenvalue weighted by atomic mass is 16.7. The Balaban J connectivity index is 1.89. The fourth-order valence-corrected chi connectivity index (χ4v) is 10.5. The number of cyclic esters (lactones) is 1. The molecule has 360 valence electrons. The molecule has 0 amide bonds. The smallest absolute Gasteiger partial charge is 0.311 e. The van der Waals surface area contributed by atoms with Crippen molar-refractivity contribution in [1.29, 1.82) is 0 Å². The Morgan fingerprint density at radius 1 is 0.903 bits per heavy atom. The van der Waals surface area contributed by atoms with Crippen molar-refractivity contribution in [2.24, 2.45) is 34.7 Å². The van der Waals surface area contributed by atoms with Crippen LogP contribution in [0.3, 0.4) is 0 Å². The van der Waals surface area contributed by atoms with Crippen LogP contribution >= 0.6 is 0 Å². The number of carbonyl (C=O) groups is 2. The molecule has 4 rings (SSSR count). The molecule has 0 spiro atoms. The van der Waals surface area contributed by atoms with Crippen LogP contribution in [-0.2, 0) is 47.6 Å². The standard InChI is InChI=1S/C46H82N2O14/c1-15-34-46(11,54)39(50)27(4)36(47-56-24-32-19-17-16-18-20-32)25(2)22-44(9,53)41(62-43-38(59-31(8)49)33(48(12)13)21-26(3)57-43)28(5)37(29(6)42(52)60-34)61-35-23-45(10,55-14)40(51)30(7)58-35/h25-30,32-35,37-41,43,50-51,53-54H,15-24H2,1-14H3/b47-36-/t25-,26-,27+,28+,29-,30+,33+,34-,35+,37+,38-,39-,40+,41-,43+,44+,45-,46-/m1/s1. The summed E-state index contributed by atoms with van der Waals surface area (Å²) in [5, 5.41) is 52.9. The predicted octanol–water partition coefficient (Wildman–Crippen LogP) is 4.74. The maximum atomic E-state index is 14.5. The van der Waals surface area contributed by atoms with Crippen molar-refractivity contribution in [2.45, 2.75) is 218 Å². The van der Waals surface area contributed by atoms with Gasteiger partial charge in [0.15, 0.2) is 18.7 Å². The van der Waals surface area contributed by atoms with E-state index in [-0.39, 0.29) is 31.4 Å². The Morgan fingerprint density at radius 3 is 2.13 bits per heavy atom. The Morgan fingerprint density at radius 2 is 1.55 bits per heavy atom. The van der Waals surface area contributed by atoms with Crippen LogP contribution in [0.15, 0.2) is 5.16 Å². The lowest BCUT2D eigenvalue weighted by Gasteiger charge is -2.49. The van der Waals surface area contributed by atoms with Crippen LogP contribution in [0, 0.1) is 29.6 Å². The third kappa shape index (κ3) is 12.5. The molecule has 3 saturated heterocycles. The van der Waals surface area contributed by atoms with Gasteiger partial charge in [0.1, 0.15) is 24.4 Å². The molecular formula is C46H82N2O14. The van der Waals surface area contributed by atoms with Gasteiger partial charge >= 0.3 is 11.9 Å². The second-order valence-corrected chi connectivity index (χ2v) is 20.0. The lowest BCUT2D eigenvalue weighted by atomic mass is 9.73. The summed E-state index contributed by atoms with van der Waals surface area (Å²) in [6.45, 7) is 19.0. The average Bonchev–Trinajstić information content (AvgIpc) is 3.20. The predicted molar refractivity (Wildman–Crippen MR) is 231 cm³/mol. The monoisotopic (exact) mass is 887 g/mol. The van der Waals surface area contributed by atoms with Gasteiger partial charge in [-0.05, 0) is 93.7 Å². The molecule has 62 heavy (non-hydrogen) atoms. The van der Waals surface area contributed by atoms with Gasteiger partial charge in [-0.1, -0.05) is 52.1 Å². The van der Waals surface area contributed by atoms with Gasteiger partial charge in [-0.2, -0.15) is 0 Å². The van der Waals surface area contributed by atoms with Crippen molar-refractivity contribution in [3.63, 3.8) is 0 Å². The van der Waals surface area contributed by atoms with Crippen molar-refractivity contribution in [2.75, 3.05) is 27.8 Å². The Kier molecular flexibility index (Phi) is 18.7. The van der Waals surface area contributed by atoms with E-state index >= 15 is 0 Å². The van der Waals surface area contributed by atoms with Gasteiger partial charge in [-0.3, -0.25) is 9.59 Å². The maximum Gasteiger partial charge on any atom is 0.311 e. The quantitative estimate of drug-likeness (QED) is 0.164. The largest absolute Gasteiger partial charge is 0.459 e. The number of carbonyl (C=O) groups excluding carboxylic acids is 2. The molecule has 0 aromatic rings. The van der Waals surface area contributed by atoms with E-state index in [1.165, 1.54) is 27.4 Å². The zero-order chi connectivity index (χ0) is 46.5. The third-order valence-corrected chi connectivity index (χ3v) is 14.3. The van der Waals surface area contributed by atoms with Crippen molar-refractivity contribution in [3.8, 4) is 0 Å². The summed E-state index contributed by atoms with van der Waals surface area (Å²) < 4.78 is 44.3. The first-order valence-corrected chi connectivity index (χ1v) is 23.1. The Bertz CT molecular complexity index is 1470. The zero-order valence-electron chi connectivity index (χ0n) is 40.1. The lowest BCUT2D eigenvalue weighted by molar-refractivity contribution is -0.318. The van der Waals surface area contributed by atoms with Crippen LogP contribution < -0.4 is 0 Å². The molecule has 18 atom stereocenters. The van der Waals surface area contributed by atoms with Crippen molar-refractivity contribution >= 4 is 17.7 Å². The highest BCUT2D eigenvalue weighted by Crippen LogP contribution is 2.41. The number of aliphatic hydroxyl groups excluding tert-OH is 2. The first-order chi connectivity index (χ1) is 28.9. The molecule has 3 aliphatic heterocycles. The van der Waals surface area contributed by atoms with Gasteiger partial charge < -0.3 is 63.3 Å². The van der Waals surface area contributed by atoms with Gasteiger partial charge in [0, 0.05) is 38.2 Å². The van der Waals surface area contributed by atoms with Crippen LogP contribution in [0.4, 0.5) is 0 Å². The number of nitrogens with zero attached hydrogens (tertiary/aromatic N) is 2. The number of hydrogen-bond acceptors (Lipinski definition) is 16. The fourth-order valence-electron chi connectivity index (χ4n) is 10.5. The molecule has 16 nitrogen and oxygen atoms in total. The minimum atomic E-state index is -1.93. The van der Waals surface area contributed by atoms with Gasteiger partial charge in [0.05, 0.1) is 59.4 Å².